The maximum absolute atomic E-state index is 13.1. The van der Waals surface area contributed by atoms with Gasteiger partial charge in [0, 0.05) is 6.07 Å². The first-order chi connectivity index (χ1) is 8.41. The molecule has 0 unspecified atom stereocenters. The Bertz CT molecular complexity index is 737. The predicted octanol–water partition coefficient (Wildman–Crippen LogP) is 1.77. The Kier molecular flexibility index (Phi) is 3.04. The van der Waals surface area contributed by atoms with Crippen molar-refractivity contribution in [1.29, 1.82) is 0 Å². The van der Waals surface area contributed by atoms with Crippen LogP contribution in [0, 0.1) is 18.6 Å². The van der Waals surface area contributed by atoms with Crippen LogP contribution >= 0.6 is 11.6 Å². The Morgan fingerprint density at radius 2 is 1.89 bits per heavy atom. The van der Waals surface area contributed by atoms with Crippen LogP contribution in [0.1, 0.15) is 5.56 Å². The van der Waals surface area contributed by atoms with E-state index in [9.17, 15) is 18.4 Å². The molecule has 0 aliphatic carbocycles. The molecule has 0 saturated carbocycles. The SMILES string of the molecule is Cc1c(Cl)[nH]c(=O)n(-c2ccc(F)c(F)c2)c1=O. The highest BCUT2D eigenvalue weighted by Crippen LogP contribution is 2.11. The summed E-state index contributed by atoms with van der Waals surface area (Å²) in [6, 6.07) is 2.72. The molecule has 1 N–H and O–H groups in total. The van der Waals surface area contributed by atoms with E-state index in [0.717, 1.165) is 18.2 Å². The average molecular weight is 273 g/mol. The van der Waals surface area contributed by atoms with Crippen molar-refractivity contribution >= 4 is 11.6 Å². The van der Waals surface area contributed by atoms with Gasteiger partial charge in [-0.05, 0) is 19.1 Å². The minimum absolute atomic E-state index is 0.0695. The van der Waals surface area contributed by atoms with Gasteiger partial charge in [-0.25, -0.2) is 18.1 Å². The summed E-state index contributed by atoms with van der Waals surface area (Å²) < 4.78 is 26.6. The van der Waals surface area contributed by atoms with E-state index in [1.165, 1.54) is 6.92 Å². The highest BCUT2D eigenvalue weighted by molar-refractivity contribution is 6.30. The van der Waals surface area contributed by atoms with Gasteiger partial charge in [0.05, 0.1) is 11.3 Å². The normalized spacial score (nSPS) is 10.7. The molecule has 0 bridgehead atoms. The molecule has 2 rings (SSSR count). The van der Waals surface area contributed by atoms with E-state index in [0.29, 0.717) is 4.57 Å². The second kappa shape index (κ2) is 4.38. The fraction of sp³-hybridized carbons (Fsp3) is 0.0909. The number of aromatic amines is 1. The van der Waals surface area contributed by atoms with Crippen LogP contribution in [0.4, 0.5) is 8.78 Å². The first-order valence-electron chi connectivity index (χ1n) is 4.88. The third-order valence-corrected chi connectivity index (χ3v) is 2.81. The van der Waals surface area contributed by atoms with Gasteiger partial charge in [0.25, 0.3) is 5.56 Å². The highest BCUT2D eigenvalue weighted by atomic mass is 35.5. The van der Waals surface area contributed by atoms with Crippen molar-refractivity contribution in [2.75, 3.05) is 0 Å². The van der Waals surface area contributed by atoms with Crippen molar-refractivity contribution in [3.63, 3.8) is 0 Å². The van der Waals surface area contributed by atoms with Crippen molar-refractivity contribution < 1.29 is 8.78 Å². The largest absolute Gasteiger partial charge is 0.334 e. The Morgan fingerprint density at radius 3 is 2.50 bits per heavy atom. The van der Waals surface area contributed by atoms with Gasteiger partial charge in [0.15, 0.2) is 11.6 Å². The van der Waals surface area contributed by atoms with E-state index in [1.807, 2.05) is 0 Å². The number of H-pyrrole nitrogens is 1. The van der Waals surface area contributed by atoms with E-state index < -0.39 is 22.9 Å². The summed E-state index contributed by atoms with van der Waals surface area (Å²) >= 11 is 5.63. The van der Waals surface area contributed by atoms with Crippen molar-refractivity contribution in [1.82, 2.24) is 9.55 Å². The molecule has 7 heteroatoms. The monoisotopic (exact) mass is 272 g/mol. The van der Waals surface area contributed by atoms with E-state index in [2.05, 4.69) is 4.98 Å². The topological polar surface area (TPSA) is 54.9 Å². The van der Waals surface area contributed by atoms with Crippen LogP contribution in [0.25, 0.3) is 5.69 Å². The summed E-state index contributed by atoms with van der Waals surface area (Å²) in [5.74, 6) is -2.21. The minimum Gasteiger partial charge on any atom is -0.297 e. The summed E-state index contributed by atoms with van der Waals surface area (Å²) in [4.78, 5) is 25.7. The van der Waals surface area contributed by atoms with Crippen LogP contribution < -0.4 is 11.2 Å². The summed E-state index contributed by atoms with van der Waals surface area (Å²) in [7, 11) is 0. The lowest BCUT2D eigenvalue weighted by Gasteiger charge is -2.06. The first kappa shape index (κ1) is 12.5. The molecule has 2 aromatic rings. The van der Waals surface area contributed by atoms with Gasteiger partial charge in [0.1, 0.15) is 5.15 Å². The first-order valence-corrected chi connectivity index (χ1v) is 5.26. The molecule has 0 fully saturated rings. The average Bonchev–Trinajstić information content (AvgIpc) is 2.31. The fourth-order valence-corrected chi connectivity index (χ4v) is 1.62. The maximum atomic E-state index is 13.1. The van der Waals surface area contributed by atoms with Gasteiger partial charge in [-0.15, -0.1) is 0 Å². The lowest BCUT2D eigenvalue weighted by atomic mass is 10.3. The van der Waals surface area contributed by atoms with Crippen LogP contribution in [0.5, 0.6) is 0 Å². The zero-order valence-corrected chi connectivity index (χ0v) is 9.89. The summed E-state index contributed by atoms with van der Waals surface area (Å²) in [6.45, 7) is 1.41. The van der Waals surface area contributed by atoms with Gasteiger partial charge < -0.3 is 0 Å². The third kappa shape index (κ3) is 1.95. The smallest absolute Gasteiger partial charge is 0.297 e. The number of rotatable bonds is 1. The Morgan fingerprint density at radius 1 is 1.22 bits per heavy atom. The molecule has 18 heavy (non-hydrogen) atoms. The number of benzene rings is 1. The van der Waals surface area contributed by atoms with E-state index in [4.69, 9.17) is 11.6 Å². The molecule has 0 amide bonds. The predicted molar refractivity (Wildman–Crippen MR) is 62.3 cm³/mol. The lowest BCUT2D eigenvalue weighted by molar-refractivity contribution is 0.507. The van der Waals surface area contributed by atoms with Gasteiger partial charge in [0.2, 0.25) is 0 Å². The number of nitrogens with one attached hydrogen (secondary N) is 1. The van der Waals surface area contributed by atoms with Crippen LogP contribution in [0.3, 0.4) is 0 Å². The fourth-order valence-electron chi connectivity index (χ4n) is 1.46. The Hall–Kier alpha value is -1.95. The van der Waals surface area contributed by atoms with Crippen LogP contribution in [-0.2, 0) is 0 Å². The quantitative estimate of drug-likeness (QED) is 0.805. The molecule has 4 nitrogen and oxygen atoms in total. The Labute approximate surface area is 104 Å². The van der Waals surface area contributed by atoms with Crippen LogP contribution in [0.2, 0.25) is 5.15 Å². The molecule has 0 spiro atoms. The number of hydrogen-bond donors (Lipinski definition) is 1. The molecular formula is C11H7ClF2N2O2. The molecule has 94 valence electrons. The molecular weight excluding hydrogens is 266 g/mol. The lowest BCUT2D eigenvalue weighted by Crippen LogP contribution is -2.35. The van der Waals surface area contributed by atoms with Crippen molar-refractivity contribution in [2.24, 2.45) is 0 Å². The molecule has 1 aromatic heterocycles. The Balaban J connectivity index is 2.80. The molecule has 0 atom stereocenters. The number of hydrogen-bond acceptors (Lipinski definition) is 2. The molecule has 1 heterocycles. The van der Waals surface area contributed by atoms with Crippen LogP contribution in [0.15, 0.2) is 27.8 Å². The zero-order chi connectivity index (χ0) is 13.4. The molecule has 0 aliphatic rings. The summed E-state index contributed by atoms with van der Waals surface area (Å²) in [6.07, 6.45) is 0. The molecule has 0 saturated heterocycles. The standard InChI is InChI=1S/C11H7ClF2N2O2/c1-5-9(12)15-11(18)16(10(5)17)6-2-3-7(13)8(14)4-6/h2-4H,1H3,(H,15,18). The van der Waals surface area contributed by atoms with E-state index >= 15 is 0 Å². The maximum Gasteiger partial charge on any atom is 0.334 e. The summed E-state index contributed by atoms with van der Waals surface area (Å²) in [5.41, 5.74) is -1.46. The van der Waals surface area contributed by atoms with Gasteiger partial charge in [-0.2, -0.15) is 0 Å². The summed E-state index contributed by atoms with van der Waals surface area (Å²) in [5, 5.41) is -0.0798. The third-order valence-electron chi connectivity index (χ3n) is 2.43. The highest BCUT2D eigenvalue weighted by Gasteiger charge is 2.12. The minimum atomic E-state index is -1.15. The second-order valence-electron chi connectivity index (χ2n) is 3.61. The van der Waals surface area contributed by atoms with Crippen molar-refractivity contribution in [3.8, 4) is 5.69 Å². The van der Waals surface area contributed by atoms with E-state index in [1.54, 1.807) is 0 Å². The molecule has 0 aliphatic heterocycles. The number of halogens is 3. The van der Waals surface area contributed by atoms with E-state index in [-0.39, 0.29) is 16.4 Å². The van der Waals surface area contributed by atoms with Gasteiger partial charge >= 0.3 is 5.69 Å². The van der Waals surface area contributed by atoms with Crippen molar-refractivity contribution in [2.45, 2.75) is 6.92 Å². The number of aromatic nitrogens is 2. The van der Waals surface area contributed by atoms with Gasteiger partial charge in [-0.1, -0.05) is 11.6 Å². The van der Waals surface area contributed by atoms with Crippen molar-refractivity contribution in [3.05, 3.63) is 61.4 Å². The van der Waals surface area contributed by atoms with Gasteiger partial charge in [-0.3, -0.25) is 9.78 Å². The molecule has 0 radical (unpaired) electrons. The van der Waals surface area contributed by atoms with Crippen LogP contribution in [-0.4, -0.2) is 9.55 Å². The molecule has 1 aromatic carbocycles. The second-order valence-corrected chi connectivity index (χ2v) is 3.99. The zero-order valence-electron chi connectivity index (χ0n) is 9.13. The number of nitrogens with zero attached hydrogens (tertiary/aromatic N) is 1.